The minimum Gasteiger partial charge on any atom is -0.342 e. The summed E-state index contributed by atoms with van der Waals surface area (Å²) in [5, 5.41) is 3.08. The largest absolute Gasteiger partial charge is 0.342 e. The molecule has 98 valence electrons. The average molecular weight is 260 g/mol. The number of hydrogen-bond donors (Lipinski definition) is 1. The van der Waals surface area contributed by atoms with E-state index in [0.717, 1.165) is 32.4 Å². The second-order valence-corrected chi connectivity index (χ2v) is 7.15. The molecule has 2 saturated heterocycles. The lowest BCUT2D eigenvalue weighted by Gasteiger charge is -2.24. The number of sulfone groups is 1. The van der Waals surface area contributed by atoms with E-state index in [1.165, 1.54) is 0 Å². The Hall–Kier alpha value is -0.620. The van der Waals surface area contributed by atoms with Gasteiger partial charge >= 0.3 is 0 Å². The predicted octanol–water partition coefficient (Wildman–Crippen LogP) is -0.224. The summed E-state index contributed by atoms with van der Waals surface area (Å²) in [5.41, 5.74) is 0. The van der Waals surface area contributed by atoms with E-state index in [4.69, 9.17) is 0 Å². The van der Waals surface area contributed by atoms with Crippen LogP contribution in [0.15, 0.2) is 0 Å². The summed E-state index contributed by atoms with van der Waals surface area (Å²) in [5.74, 6) is 0.580. The predicted molar refractivity (Wildman–Crippen MR) is 65.5 cm³/mol. The topological polar surface area (TPSA) is 66.5 Å². The van der Waals surface area contributed by atoms with Gasteiger partial charge in [0.2, 0.25) is 5.91 Å². The molecule has 2 aliphatic heterocycles. The summed E-state index contributed by atoms with van der Waals surface area (Å²) in [7, 11) is -2.89. The number of nitrogens with zero attached hydrogens (tertiary/aromatic N) is 1. The van der Waals surface area contributed by atoms with Crippen molar-refractivity contribution >= 4 is 15.7 Å². The molecule has 0 aliphatic carbocycles. The van der Waals surface area contributed by atoms with Gasteiger partial charge in [0.15, 0.2) is 9.84 Å². The first-order valence-corrected chi connectivity index (χ1v) is 8.10. The van der Waals surface area contributed by atoms with Crippen LogP contribution in [0.1, 0.15) is 25.7 Å². The summed E-state index contributed by atoms with van der Waals surface area (Å²) in [6, 6.07) is -0.0414. The molecular formula is C11H20N2O3S. The van der Waals surface area contributed by atoms with Crippen LogP contribution in [0.25, 0.3) is 0 Å². The first-order valence-electron chi connectivity index (χ1n) is 6.28. The van der Waals surface area contributed by atoms with Gasteiger partial charge in [0.1, 0.15) is 0 Å². The van der Waals surface area contributed by atoms with E-state index in [1.807, 2.05) is 4.90 Å². The number of carbonyl (C=O) groups excluding carboxylic acids is 1. The highest BCUT2D eigenvalue weighted by Gasteiger charge is 2.25. The molecule has 6 heteroatoms. The van der Waals surface area contributed by atoms with Crippen LogP contribution >= 0.6 is 0 Å². The molecule has 0 aromatic carbocycles. The van der Waals surface area contributed by atoms with Gasteiger partial charge in [-0.25, -0.2) is 8.42 Å². The number of likely N-dealkylation sites (tertiary alicyclic amines) is 1. The smallest absolute Gasteiger partial charge is 0.236 e. The van der Waals surface area contributed by atoms with Gasteiger partial charge in [0, 0.05) is 19.1 Å². The van der Waals surface area contributed by atoms with Crippen molar-refractivity contribution in [2.24, 2.45) is 0 Å². The molecular weight excluding hydrogens is 240 g/mol. The molecule has 1 amide bonds. The van der Waals surface area contributed by atoms with E-state index < -0.39 is 9.84 Å². The molecule has 1 unspecified atom stereocenters. The van der Waals surface area contributed by atoms with Gasteiger partial charge in [-0.2, -0.15) is 0 Å². The third-order valence-corrected chi connectivity index (χ3v) is 5.28. The summed E-state index contributed by atoms with van der Waals surface area (Å²) >= 11 is 0. The van der Waals surface area contributed by atoms with Crippen LogP contribution in [0.2, 0.25) is 0 Å². The maximum Gasteiger partial charge on any atom is 0.236 e. The van der Waals surface area contributed by atoms with Crippen molar-refractivity contribution in [3.05, 3.63) is 0 Å². The van der Waals surface area contributed by atoms with E-state index in [2.05, 4.69) is 5.32 Å². The van der Waals surface area contributed by atoms with Crippen molar-refractivity contribution in [3.63, 3.8) is 0 Å². The van der Waals surface area contributed by atoms with Crippen molar-refractivity contribution in [3.8, 4) is 0 Å². The van der Waals surface area contributed by atoms with Crippen LogP contribution in [-0.2, 0) is 14.6 Å². The van der Waals surface area contributed by atoms with Crippen LogP contribution in [-0.4, -0.2) is 56.4 Å². The van der Waals surface area contributed by atoms with Crippen molar-refractivity contribution in [1.82, 2.24) is 10.2 Å². The Labute approximate surface area is 102 Å². The SMILES string of the molecule is O=C(CNC1CCCS(=O)(=O)C1)N1CCCC1. The van der Waals surface area contributed by atoms with Gasteiger partial charge in [-0.1, -0.05) is 0 Å². The van der Waals surface area contributed by atoms with Gasteiger partial charge in [-0.15, -0.1) is 0 Å². The zero-order chi connectivity index (χ0) is 12.3. The third-order valence-electron chi connectivity index (χ3n) is 3.46. The fourth-order valence-electron chi connectivity index (χ4n) is 2.49. The molecule has 1 atom stereocenters. The fraction of sp³-hybridized carbons (Fsp3) is 0.909. The van der Waals surface area contributed by atoms with Crippen molar-refractivity contribution in [2.45, 2.75) is 31.7 Å². The average Bonchev–Trinajstić information content (AvgIpc) is 2.78. The van der Waals surface area contributed by atoms with E-state index in [1.54, 1.807) is 0 Å². The Morgan fingerprint density at radius 3 is 2.59 bits per heavy atom. The summed E-state index contributed by atoms with van der Waals surface area (Å²) in [6.07, 6.45) is 3.73. The zero-order valence-electron chi connectivity index (χ0n) is 10.0. The minimum absolute atomic E-state index is 0.0414. The van der Waals surface area contributed by atoms with Gasteiger partial charge < -0.3 is 10.2 Å². The maximum absolute atomic E-state index is 11.8. The number of amides is 1. The molecule has 2 heterocycles. The lowest BCUT2D eigenvalue weighted by atomic mass is 10.2. The van der Waals surface area contributed by atoms with Gasteiger partial charge in [0.25, 0.3) is 0 Å². The zero-order valence-corrected chi connectivity index (χ0v) is 10.8. The highest BCUT2D eigenvalue weighted by atomic mass is 32.2. The second-order valence-electron chi connectivity index (χ2n) is 4.92. The highest BCUT2D eigenvalue weighted by Crippen LogP contribution is 2.12. The van der Waals surface area contributed by atoms with Gasteiger partial charge in [-0.3, -0.25) is 4.79 Å². The molecule has 5 nitrogen and oxygen atoms in total. The molecule has 0 aromatic rings. The van der Waals surface area contributed by atoms with Gasteiger partial charge in [0.05, 0.1) is 18.1 Å². The molecule has 0 aromatic heterocycles. The van der Waals surface area contributed by atoms with Crippen LogP contribution in [0.3, 0.4) is 0 Å². The van der Waals surface area contributed by atoms with Crippen LogP contribution < -0.4 is 5.32 Å². The molecule has 2 rings (SSSR count). The van der Waals surface area contributed by atoms with Crippen molar-refractivity contribution in [1.29, 1.82) is 0 Å². The second kappa shape index (κ2) is 5.35. The number of rotatable bonds is 3. The van der Waals surface area contributed by atoms with Gasteiger partial charge in [-0.05, 0) is 25.7 Å². The maximum atomic E-state index is 11.8. The first kappa shape index (κ1) is 12.8. The van der Waals surface area contributed by atoms with Crippen LogP contribution in [0.5, 0.6) is 0 Å². The van der Waals surface area contributed by atoms with E-state index in [9.17, 15) is 13.2 Å². The van der Waals surface area contributed by atoms with E-state index >= 15 is 0 Å². The highest BCUT2D eigenvalue weighted by molar-refractivity contribution is 7.91. The van der Waals surface area contributed by atoms with E-state index in [0.29, 0.717) is 12.2 Å². The van der Waals surface area contributed by atoms with Crippen LogP contribution in [0.4, 0.5) is 0 Å². The Bertz CT molecular complexity index is 374. The summed E-state index contributed by atoms with van der Waals surface area (Å²) in [6.45, 7) is 1.98. The molecule has 17 heavy (non-hydrogen) atoms. The Morgan fingerprint density at radius 1 is 1.24 bits per heavy atom. The quantitative estimate of drug-likeness (QED) is 0.761. The Kier molecular flexibility index (Phi) is 4.04. The van der Waals surface area contributed by atoms with E-state index in [-0.39, 0.29) is 24.2 Å². The first-order chi connectivity index (χ1) is 8.07. The van der Waals surface area contributed by atoms with Crippen molar-refractivity contribution in [2.75, 3.05) is 31.1 Å². The molecule has 1 N–H and O–H groups in total. The van der Waals surface area contributed by atoms with Crippen LogP contribution in [0, 0.1) is 0 Å². The summed E-state index contributed by atoms with van der Waals surface area (Å²) in [4.78, 5) is 13.6. The lowest BCUT2D eigenvalue weighted by Crippen LogP contribution is -2.45. The molecule has 2 fully saturated rings. The number of carbonyl (C=O) groups is 1. The monoisotopic (exact) mass is 260 g/mol. The number of nitrogens with one attached hydrogen (secondary N) is 1. The van der Waals surface area contributed by atoms with Crippen molar-refractivity contribution < 1.29 is 13.2 Å². The number of hydrogen-bond acceptors (Lipinski definition) is 4. The lowest BCUT2D eigenvalue weighted by molar-refractivity contribution is -0.129. The standard InChI is InChI=1S/C11H20N2O3S/c14-11(13-5-1-2-6-13)8-12-10-4-3-7-17(15,16)9-10/h10,12H,1-9H2. The molecule has 0 saturated carbocycles. The normalized spacial score (nSPS) is 28.2. The summed E-state index contributed by atoms with van der Waals surface area (Å²) < 4.78 is 22.9. The molecule has 2 aliphatic rings. The molecule has 0 radical (unpaired) electrons. The third kappa shape index (κ3) is 3.67. The Morgan fingerprint density at radius 2 is 1.94 bits per heavy atom. The molecule has 0 spiro atoms. The fourth-order valence-corrected chi connectivity index (χ4v) is 4.16. The molecule has 0 bridgehead atoms. The minimum atomic E-state index is -2.89. The Balaban J connectivity index is 1.76.